The molecule has 9 nitrogen and oxygen atoms in total. The van der Waals surface area contributed by atoms with Gasteiger partial charge in [0.1, 0.15) is 18.3 Å². The smallest absolute Gasteiger partial charge is 0.330 e. The van der Waals surface area contributed by atoms with Crippen molar-refractivity contribution >= 4 is 5.97 Å². The third-order valence-electron chi connectivity index (χ3n) is 5.07. The van der Waals surface area contributed by atoms with Gasteiger partial charge in [-0.25, -0.2) is 4.79 Å². The van der Waals surface area contributed by atoms with Crippen LogP contribution in [0.1, 0.15) is 24.3 Å². The number of hydrogen-bond donors (Lipinski definition) is 1. The molecule has 2 aliphatic rings. The minimum atomic E-state index is -0.930. The molecule has 3 heterocycles. The first-order valence-corrected chi connectivity index (χ1v) is 9.36. The molecule has 9 heteroatoms. The quantitative estimate of drug-likeness (QED) is 0.732. The fourth-order valence-corrected chi connectivity index (χ4v) is 3.69. The number of benzene rings is 1. The number of rotatable bonds is 5. The Labute approximate surface area is 166 Å². The maximum absolute atomic E-state index is 12.3. The van der Waals surface area contributed by atoms with Crippen LogP contribution in [0.2, 0.25) is 0 Å². The first kappa shape index (κ1) is 19.6. The zero-order valence-electron chi connectivity index (χ0n) is 16.1. The molecule has 5 atom stereocenters. The van der Waals surface area contributed by atoms with Gasteiger partial charge in [-0.05, 0) is 12.5 Å². The van der Waals surface area contributed by atoms with E-state index in [9.17, 15) is 14.4 Å². The number of aryl methyl sites for hydroxylation is 1. The number of H-pyrrole nitrogens is 1. The summed E-state index contributed by atoms with van der Waals surface area (Å²) in [5.41, 5.74) is 0.220. The summed E-state index contributed by atoms with van der Waals surface area (Å²) in [6.07, 6.45) is -1.87. The molecule has 2 saturated heterocycles. The van der Waals surface area contributed by atoms with Crippen molar-refractivity contribution in [1.82, 2.24) is 9.55 Å². The number of fused-ring (bicyclic) bond motifs is 1. The molecular formula is C20H22N2O7. The van der Waals surface area contributed by atoms with Crippen LogP contribution in [0.4, 0.5) is 0 Å². The Bertz CT molecular complexity index is 1000. The van der Waals surface area contributed by atoms with E-state index < -0.39 is 41.8 Å². The topological polar surface area (TPSA) is 109 Å². The monoisotopic (exact) mass is 402 g/mol. The van der Waals surface area contributed by atoms with Crippen LogP contribution in [-0.4, -0.2) is 46.5 Å². The van der Waals surface area contributed by atoms with Crippen molar-refractivity contribution < 1.29 is 23.7 Å². The van der Waals surface area contributed by atoms with Crippen LogP contribution >= 0.6 is 0 Å². The molecule has 0 saturated carbocycles. The molecule has 0 aliphatic carbocycles. The van der Waals surface area contributed by atoms with E-state index in [-0.39, 0.29) is 12.7 Å². The normalized spacial score (nSPS) is 28.3. The third kappa shape index (κ3) is 3.89. The predicted octanol–water partition coefficient (Wildman–Crippen LogP) is 0.658. The molecular weight excluding hydrogens is 380 g/mol. The Morgan fingerprint density at radius 1 is 1.24 bits per heavy atom. The Kier molecular flexibility index (Phi) is 5.35. The number of nitrogens with one attached hydrogen (secondary N) is 1. The zero-order valence-corrected chi connectivity index (χ0v) is 16.1. The SMILES string of the molecule is CC(=O)O[C@@H]1[C@H]2OC[C@@H](OCc3ccccc3)[C@H]2O[C@H]1n1cc(C)c(=O)[nH]c1=O. The van der Waals surface area contributed by atoms with Gasteiger partial charge in [-0.15, -0.1) is 0 Å². The van der Waals surface area contributed by atoms with Gasteiger partial charge in [0.05, 0.1) is 13.2 Å². The van der Waals surface area contributed by atoms with Gasteiger partial charge in [0.15, 0.2) is 12.3 Å². The van der Waals surface area contributed by atoms with E-state index in [1.165, 1.54) is 17.7 Å². The molecule has 0 amide bonds. The number of ether oxygens (including phenoxy) is 4. The van der Waals surface area contributed by atoms with E-state index in [2.05, 4.69) is 4.98 Å². The van der Waals surface area contributed by atoms with Crippen molar-refractivity contribution in [2.45, 2.75) is 51.1 Å². The molecule has 2 fully saturated rings. The van der Waals surface area contributed by atoms with Crippen molar-refractivity contribution in [3.63, 3.8) is 0 Å². The van der Waals surface area contributed by atoms with Crippen LogP contribution in [0.25, 0.3) is 0 Å². The molecule has 0 spiro atoms. The number of carbonyl (C=O) groups excluding carboxylic acids is 1. The van der Waals surface area contributed by atoms with E-state index in [1.54, 1.807) is 6.92 Å². The van der Waals surface area contributed by atoms with Gasteiger partial charge in [0.25, 0.3) is 5.56 Å². The van der Waals surface area contributed by atoms with Gasteiger partial charge >= 0.3 is 11.7 Å². The van der Waals surface area contributed by atoms with E-state index in [0.29, 0.717) is 12.2 Å². The summed E-state index contributed by atoms with van der Waals surface area (Å²) in [5.74, 6) is -0.518. The minimum absolute atomic E-state index is 0.284. The lowest BCUT2D eigenvalue weighted by Crippen LogP contribution is -2.40. The lowest BCUT2D eigenvalue weighted by atomic mass is 10.1. The molecule has 0 bridgehead atoms. The molecule has 1 N–H and O–H groups in total. The van der Waals surface area contributed by atoms with Crippen LogP contribution in [0, 0.1) is 6.92 Å². The van der Waals surface area contributed by atoms with Crippen molar-refractivity contribution in [3.05, 3.63) is 68.5 Å². The standard InChI is InChI=1S/C20H22N2O7/c1-11-8-22(20(25)21-18(11)24)19-17(28-12(2)23)16-15(29-19)14(10-27-16)26-9-13-6-4-3-5-7-13/h3-8,14-17,19H,9-10H2,1-2H3,(H,21,24,25)/t14-,15-,16+,17-,19-/m1/s1. The summed E-state index contributed by atoms with van der Waals surface area (Å²) in [6, 6.07) is 9.69. The van der Waals surface area contributed by atoms with Crippen LogP contribution in [0.5, 0.6) is 0 Å². The minimum Gasteiger partial charge on any atom is -0.455 e. The third-order valence-corrected chi connectivity index (χ3v) is 5.07. The first-order valence-electron chi connectivity index (χ1n) is 9.36. The highest BCUT2D eigenvalue weighted by Crippen LogP contribution is 2.39. The van der Waals surface area contributed by atoms with Gasteiger partial charge in [0, 0.05) is 18.7 Å². The highest BCUT2D eigenvalue weighted by molar-refractivity contribution is 5.66. The number of aromatic amines is 1. The van der Waals surface area contributed by atoms with E-state index in [0.717, 1.165) is 5.56 Å². The maximum Gasteiger partial charge on any atom is 0.330 e. The highest BCUT2D eigenvalue weighted by atomic mass is 16.7. The van der Waals surface area contributed by atoms with Crippen LogP contribution in [0.15, 0.2) is 46.1 Å². The van der Waals surface area contributed by atoms with E-state index in [4.69, 9.17) is 18.9 Å². The summed E-state index contributed by atoms with van der Waals surface area (Å²) in [6.45, 7) is 3.52. The summed E-state index contributed by atoms with van der Waals surface area (Å²) in [5, 5.41) is 0. The Morgan fingerprint density at radius 2 is 2.00 bits per heavy atom. The van der Waals surface area contributed by atoms with E-state index in [1.807, 2.05) is 30.3 Å². The fourth-order valence-electron chi connectivity index (χ4n) is 3.69. The number of esters is 1. The first-order chi connectivity index (χ1) is 13.9. The molecule has 29 heavy (non-hydrogen) atoms. The molecule has 1 aromatic heterocycles. The largest absolute Gasteiger partial charge is 0.455 e. The average molecular weight is 402 g/mol. The average Bonchev–Trinajstić information content (AvgIpc) is 3.24. The summed E-state index contributed by atoms with van der Waals surface area (Å²) >= 11 is 0. The number of nitrogens with zero attached hydrogens (tertiary/aromatic N) is 1. The van der Waals surface area contributed by atoms with Crippen LogP contribution < -0.4 is 11.2 Å². The predicted molar refractivity (Wildman–Crippen MR) is 100 cm³/mol. The zero-order chi connectivity index (χ0) is 20.5. The lowest BCUT2D eigenvalue weighted by molar-refractivity contribution is -0.160. The van der Waals surface area contributed by atoms with Crippen molar-refractivity contribution in [2.75, 3.05) is 6.61 Å². The second-order valence-corrected chi connectivity index (χ2v) is 7.18. The number of aromatic nitrogens is 2. The fraction of sp³-hybridized carbons (Fsp3) is 0.450. The summed E-state index contributed by atoms with van der Waals surface area (Å²) in [7, 11) is 0. The van der Waals surface area contributed by atoms with Gasteiger partial charge in [0.2, 0.25) is 0 Å². The van der Waals surface area contributed by atoms with Crippen molar-refractivity contribution in [1.29, 1.82) is 0 Å². The molecule has 154 valence electrons. The number of carbonyl (C=O) groups is 1. The Morgan fingerprint density at radius 3 is 2.72 bits per heavy atom. The highest BCUT2D eigenvalue weighted by Gasteiger charge is 2.55. The van der Waals surface area contributed by atoms with Crippen LogP contribution in [-0.2, 0) is 30.3 Å². The Hall–Kier alpha value is -2.75. The van der Waals surface area contributed by atoms with Gasteiger partial charge < -0.3 is 18.9 Å². The second kappa shape index (κ2) is 7.94. The summed E-state index contributed by atoms with van der Waals surface area (Å²) in [4.78, 5) is 37.9. The molecule has 0 unspecified atom stereocenters. The van der Waals surface area contributed by atoms with Gasteiger partial charge in [-0.3, -0.25) is 19.1 Å². The molecule has 4 rings (SSSR count). The molecule has 1 aromatic carbocycles. The lowest BCUT2D eigenvalue weighted by Gasteiger charge is -2.23. The Balaban J connectivity index is 1.57. The molecule has 2 aromatic rings. The van der Waals surface area contributed by atoms with Gasteiger partial charge in [-0.1, -0.05) is 30.3 Å². The van der Waals surface area contributed by atoms with Gasteiger partial charge in [-0.2, -0.15) is 0 Å². The second-order valence-electron chi connectivity index (χ2n) is 7.18. The number of hydrogen-bond acceptors (Lipinski definition) is 7. The van der Waals surface area contributed by atoms with E-state index >= 15 is 0 Å². The maximum atomic E-state index is 12.3. The van der Waals surface area contributed by atoms with Crippen molar-refractivity contribution in [3.8, 4) is 0 Å². The molecule has 2 aliphatic heterocycles. The summed E-state index contributed by atoms with van der Waals surface area (Å²) < 4.78 is 24.5. The van der Waals surface area contributed by atoms with Crippen molar-refractivity contribution in [2.24, 2.45) is 0 Å². The molecule has 0 radical (unpaired) electrons. The van der Waals surface area contributed by atoms with Crippen LogP contribution in [0.3, 0.4) is 0 Å².